The van der Waals surface area contributed by atoms with Crippen molar-refractivity contribution in [2.75, 3.05) is 27.7 Å². The first-order valence-electron chi connectivity index (χ1n) is 12.1. The Labute approximate surface area is 201 Å². The van der Waals surface area contributed by atoms with Crippen LogP contribution < -0.4 is 4.48 Å². The van der Waals surface area contributed by atoms with Crippen molar-refractivity contribution >= 4 is 28.2 Å². The molecular formula is C27H36N3O4+. The van der Waals surface area contributed by atoms with Gasteiger partial charge in [0.1, 0.15) is 5.69 Å². The van der Waals surface area contributed by atoms with Crippen LogP contribution in [-0.4, -0.2) is 43.2 Å². The maximum atomic E-state index is 12.2. The number of hydrogen-bond acceptors (Lipinski definition) is 4. The molecule has 0 atom stereocenters. The van der Waals surface area contributed by atoms with Crippen molar-refractivity contribution in [3.05, 3.63) is 70.4 Å². The number of esters is 1. The van der Waals surface area contributed by atoms with E-state index < -0.39 is 0 Å². The van der Waals surface area contributed by atoms with Crippen LogP contribution >= 0.6 is 0 Å². The highest BCUT2D eigenvalue weighted by atomic mass is 16.6. The van der Waals surface area contributed by atoms with Crippen molar-refractivity contribution in [3.63, 3.8) is 0 Å². The molecule has 0 saturated carbocycles. The zero-order valence-electron chi connectivity index (χ0n) is 20.5. The summed E-state index contributed by atoms with van der Waals surface area (Å²) in [7, 11) is 6.28. The molecule has 7 nitrogen and oxygen atoms in total. The number of carbonyl (C=O) groups is 1. The minimum atomic E-state index is -0.355. The Morgan fingerprint density at radius 3 is 2.21 bits per heavy atom. The summed E-state index contributed by atoms with van der Waals surface area (Å²) in [6, 6.07) is 14.6. The topological polar surface area (TPSA) is 74.4 Å². The van der Waals surface area contributed by atoms with Gasteiger partial charge in [0.05, 0.1) is 38.2 Å². The average molecular weight is 467 g/mol. The molecule has 182 valence electrons. The molecule has 0 N–H and O–H groups in total. The number of nitro groups is 1. The quantitative estimate of drug-likeness (QED) is 0.0969. The molecule has 3 rings (SSSR count). The largest absolute Gasteiger partial charge is 0.462 e. The van der Waals surface area contributed by atoms with E-state index in [1.54, 1.807) is 12.1 Å². The monoisotopic (exact) mass is 466 g/mol. The van der Waals surface area contributed by atoms with E-state index in [-0.39, 0.29) is 16.6 Å². The van der Waals surface area contributed by atoms with Crippen LogP contribution in [0.3, 0.4) is 0 Å². The van der Waals surface area contributed by atoms with Gasteiger partial charge in [-0.25, -0.2) is 4.79 Å². The molecule has 0 radical (unpaired) electrons. The fourth-order valence-electron chi connectivity index (χ4n) is 4.06. The van der Waals surface area contributed by atoms with Gasteiger partial charge in [0, 0.05) is 35.8 Å². The van der Waals surface area contributed by atoms with E-state index in [4.69, 9.17) is 4.74 Å². The molecule has 0 saturated heterocycles. The molecular weight excluding hydrogens is 430 g/mol. The van der Waals surface area contributed by atoms with Gasteiger partial charge in [-0.1, -0.05) is 32.1 Å². The van der Waals surface area contributed by atoms with E-state index in [0.717, 1.165) is 55.2 Å². The highest BCUT2D eigenvalue weighted by Gasteiger charge is 2.14. The molecule has 0 aliphatic rings. The fourth-order valence-corrected chi connectivity index (χ4v) is 4.06. The number of aromatic nitrogens is 1. The van der Waals surface area contributed by atoms with Crippen LogP contribution in [-0.2, 0) is 11.3 Å². The zero-order valence-corrected chi connectivity index (χ0v) is 20.5. The first-order valence-corrected chi connectivity index (χ1v) is 12.1. The number of ether oxygens (including phenoxy) is 1. The van der Waals surface area contributed by atoms with E-state index in [0.29, 0.717) is 16.7 Å². The van der Waals surface area contributed by atoms with Gasteiger partial charge < -0.3 is 9.30 Å². The predicted molar refractivity (Wildman–Crippen MR) is 137 cm³/mol. The zero-order chi connectivity index (χ0) is 24.6. The van der Waals surface area contributed by atoms with Gasteiger partial charge in [-0.05, 0) is 49.2 Å². The summed E-state index contributed by atoms with van der Waals surface area (Å²) < 4.78 is 8.29. The number of quaternary nitrogens is 1. The second kappa shape index (κ2) is 11.8. The van der Waals surface area contributed by atoms with Gasteiger partial charge in [-0.15, -0.1) is 0 Å². The van der Waals surface area contributed by atoms with E-state index in [1.165, 1.54) is 12.8 Å². The maximum Gasteiger partial charge on any atom is 0.338 e. The van der Waals surface area contributed by atoms with E-state index in [9.17, 15) is 14.9 Å². The average Bonchev–Trinajstić information content (AvgIpc) is 3.21. The van der Waals surface area contributed by atoms with Crippen molar-refractivity contribution in [2.45, 2.75) is 51.5 Å². The molecule has 0 unspecified atom stereocenters. The van der Waals surface area contributed by atoms with Crippen LogP contribution in [0.25, 0.3) is 10.9 Å². The smallest absolute Gasteiger partial charge is 0.338 e. The molecule has 0 aliphatic heterocycles. The van der Waals surface area contributed by atoms with Crippen molar-refractivity contribution in [1.82, 2.24) is 9.05 Å². The van der Waals surface area contributed by atoms with Gasteiger partial charge >= 0.3 is 5.97 Å². The lowest BCUT2D eigenvalue weighted by atomic mass is 10.1. The van der Waals surface area contributed by atoms with E-state index in [1.807, 2.05) is 42.6 Å². The predicted octanol–water partition coefficient (Wildman–Crippen LogP) is 6.33. The third-order valence-electron chi connectivity index (χ3n) is 6.12. The molecule has 0 bridgehead atoms. The third-order valence-corrected chi connectivity index (χ3v) is 6.12. The number of hydrogen-bond donors (Lipinski definition) is 0. The Balaban J connectivity index is 1.24. The van der Waals surface area contributed by atoms with Crippen molar-refractivity contribution in [1.29, 1.82) is 0 Å². The van der Waals surface area contributed by atoms with Crippen LogP contribution in [0.2, 0.25) is 0 Å². The second-order valence-electron chi connectivity index (χ2n) is 9.68. The second-order valence-corrected chi connectivity index (χ2v) is 9.68. The van der Waals surface area contributed by atoms with Gasteiger partial charge in [0.25, 0.3) is 5.69 Å². The van der Waals surface area contributed by atoms with Crippen molar-refractivity contribution in [3.8, 4) is 0 Å². The maximum absolute atomic E-state index is 12.2. The van der Waals surface area contributed by atoms with Crippen LogP contribution in [0.4, 0.5) is 11.4 Å². The lowest BCUT2D eigenvalue weighted by Gasteiger charge is -2.23. The number of unbranched alkanes of at least 4 members (excludes halogenated alkanes) is 6. The summed E-state index contributed by atoms with van der Waals surface area (Å²) in [5.41, 5.74) is 2.93. The van der Waals surface area contributed by atoms with E-state index >= 15 is 0 Å². The fraction of sp³-hybridized carbons (Fsp3) is 0.444. The summed E-state index contributed by atoms with van der Waals surface area (Å²) in [4.78, 5) is 22.7. The molecule has 0 aliphatic carbocycles. The summed E-state index contributed by atoms with van der Waals surface area (Å²) >= 11 is 0. The number of nitrogens with zero attached hydrogens (tertiary/aromatic N) is 3. The number of non-ortho nitro benzene ring substituents is 1. The highest BCUT2D eigenvalue weighted by Crippen LogP contribution is 2.22. The summed E-state index contributed by atoms with van der Waals surface area (Å²) in [5.74, 6) is -0.250. The standard InChI is InChI=1S/C27H36N3O4/c1-30(2,3)25-14-11-22(12-15-25)27(31)34-20-10-8-6-4-5-7-9-18-28-19-17-23-21-24(29(32)33)13-16-26(23)28/h11-17,19,21H,4-10,18,20H2,1-3H3/q+1. The number of aryl methyl sites for hydroxylation is 1. The minimum absolute atomic E-state index is 0.133. The SMILES string of the molecule is C[N+](C)(C)c1ccc(C(=O)OCCCCCCCCCn2ccc3cc([N+](=O)[O-])ccc32)cc1. The molecule has 1 heterocycles. The van der Waals surface area contributed by atoms with Crippen molar-refractivity contribution < 1.29 is 14.5 Å². The molecule has 1 aromatic heterocycles. The molecule has 0 fully saturated rings. The van der Waals surface area contributed by atoms with Crippen LogP contribution in [0, 0.1) is 10.1 Å². The van der Waals surface area contributed by atoms with Crippen molar-refractivity contribution in [2.24, 2.45) is 0 Å². The molecule has 2 aromatic carbocycles. The number of fused-ring (bicyclic) bond motifs is 1. The number of benzene rings is 2. The molecule has 0 amide bonds. The third kappa shape index (κ3) is 7.15. The lowest BCUT2D eigenvalue weighted by Crippen LogP contribution is -2.34. The van der Waals surface area contributed by atoms with Crippen LogP contribution in [0.1, 0.15) is 55.3 Å². The normalized spacial score (nSPS) is 11.6. The summed E-state index contributed by atoms with van der Waals surface area (Å²) in [6.07, 6.45) is 9.72. The Hall–Kier alpha value is -3.19. The first-order chi connectivity index (χ1) is 16.3. The van der Waals surface area contributed by atoms with Crippen LogP contribution in [0.15, 0.2) is 54.7 Å². The lowest BCUT2D eigenvalue weighted by molar-refractivity contribution is -0.384. The molecule has 3 aromatic rings. The Bertz CT molecular complexity index is 1100. The van der Waals surface area contributed by atoms with Crippen LogP contribution in [0.5, 0.6) is 0 Å². The molecule has 7 heteroatoms. The number of carbonyl (C=O) groups excluding carboxylic acids is 1. The summed E-state index contributed by atoms with van der Waals surface area (Å²) in [5, 5.41) is 11.8. The Kier molecular flexibility index (Phi) is 8.82. The summed E-state index contributed by atoms with van der Waals surface area (Å²) in [6.45, 7) is 1.39. The minimum Gasteiger partial charge on any atom is -0.462 e. The van der Waals surface area contributed by atoms with Gasteiger partial charge in [-0.2, -0.15) is 0 Å². The number of nitro benzene ring substituents is 1. The van der Waals surface area contributed by atoms with Gasteiger partial charge in [0.15, 0.2) is 0 Å². The number of rotatable bonds is 13. The Morgan fingerprint density at radius 1 is 0.912 bits per heavy atom. The Morgan fingerprint density at radius 2 is 1.56 bits per heavy atom. The molecule has 34 heavy (non-hydrogen) atoms. The first kappa shape index (κ1) is 25.4. The van der Waals surface area contributed by atoms with Gasteiger partial charge in [0.2, 0.25) is 0 Å². The van der Waals surface area contributed by atoms with E-state index in [2.05, 4.69) is 25.7 Å². The molecule has 0 spiro atoms. The van der Waals surface area contributed by atoms with Gasteiger partial charge in [-0.3, -0.25) is 14.6 Å². The highest BCUT2D eigenvalue weighted by molar-refractivity contribution is 5.89.